The molecule has 0 amide bonds. The number of rotatable bonds is 6. The van der Waals surface area contributed by atoms with Gasteiger partial charge in [0.2, 0.25) is 5.89 Å². The fourth-order valence-electron chi connectivity index (χ4n) is 1.54. The summed E-state index contributed by atoms with van der Waals surface area (Å²) in [5.41, 5.74) is 1.03. The lowest BCUT2D eigenvalue weighted by molar-refractivity contribution is 0.377. The van der Waals surface area contributed by atoms with Gasteiger partial charge in [0, 0.05) is 16.6 Å². The lowest BCUT2D eigenvalue weighted by Crippen LogP contribution is -1.99. The van der Waals surface area contributed by atoms with Crippen molar-refractivity contribution in [3.63, 3.8) is 0 Å². The first-order valence-electron chi connectivity index (χ1n) is 6.09. The molecule has 18 heavy (non-hydrogen) atoms. The summed E-state index contributed by atoms with van der Waals surface area (Å²) >= 11 is 3.40. The second kappa shape index (κ2) is 6.54. The molecule has 96 valence electrons. The number of hydrogen-bond donors (Lipinski definition) is 1. The van der Waals surface area contributed by atoms with Crippen LogP contribution in [0.1, 0.15) is 31.5 Å². The van der Waals surface area contributed by atoms with Gasteiger partial charge in [0.05, 0.1) is 6.54 Å². The molecule has 0 atom stereocenters. The Morgan fingerprint density at radius 1 is 1.28 bits per heavy atom. The van der Waals surface area contributed by atoms with Gasteiger partial charge in [-0.15, -0.1) is 0 Å². The Labute approximate surface area is 115 Å². The van der Waals surface area contributed by atoms with E-state index >= 15 is 0 Å². The van der Waals surface area contributed by atoms with Gasteiger partial charge in [-0.25, -0.2) is 0 Å². The molecule has 1 aromatic heterocycles. The Morgan fingerprint density at radius 3 is 2.78 bits per heavy atom. The van der Waals surface area contributed by atoms with E-state index in [-0.39, 0.29) is 0 Å². The number of nitrogens with one attached hydrogen (secondary N) is 1. The summed E-state index contributed by atoms with van der Waals surface area (Å²) < 4.78 is 6.24. The summed E-state index contributed by atoms with van der Waals surface area (Å²) in [5.74, 6) is 1.42. The second-order valence-electron chi connectivity index (χ2n) is 4.07. The van der Waals surface area contributed by atoms with E-state index in [0.29, 0.717) is 12.4 Å². The summed E-state index contributed by atoms with van der Waals surface area (Å²) in [4.78, 5) is 4.33. The molecule has 0 aliphatic heterocycles. The molecule has 0 fully saturated rings. The zero-order valence-electron chi connectivity index (χ0n) is 10.3. The Hall–Kier alpha value is -1.36. The van der Waals surface area contributed by atoms with E-state index < -0.39 is 0 Å². The fourth-order valence-corrected chi connectivity index (χ4v) is 1.81. The Bertz CT molecular complexity index is 481. The van der Waals surface area contributed by atoms with Crippen molar-refractivity contribution in [1.82, 2.24) is 10.1 Å². The van der Waals surface area contributed by atoms with Crippen LogP contribution in [0.5, 0.6) is 0 Å². The van der Waals surface area contributed by atoms with E-state index in [2.05, 4.69) is 38.3 Å². The number of hydrogen-bond acceptors (Lipinski definition) is 4. The lowest BCUT2D eigenvalue weighted by atomic mass is 10.2. The summed E-state index contributed by atoms with van der Waals surface area (Å²) in [7, 11) is 0. The molecular formula is C13H16BrN3O. The van der Waals surface area contributed by atoms with Crippen molar-refractivity contribution >= 4 is 21.6 Å². The normalized spacial score (nSPS) is 10.6. The molecule has 0 saturated carbocycles. The predicted molar refractivity (Wildman–Crippen MR) is 74.4 cm³/mol. The maximum absolute atomic E-state index is 5.17. The van der Waals surface area contributed by atoms with Crippen molar-refractivity contribution < 1.29 is 4.52 Å². The average Bonchev–Trinajstić information content (AvgIpc) is 2.84. The van der Waals surface area contributed by atoms with Gasteiger partial charge in [-0.1, -0.05) is 34.4 Å². The zero-order chi connectivity index (χ0) is 12.8. The highest BCUT2D eigenvalue weighted by atomic mass is 79.9. The zero-order valence-corrected chi connectivity index (χ0v) is 11.9. The largest absolute Gasteiger partial charge is 0.376 e. The summed E-state index contributed by atoms with van der Waals surface area (Å²) in [6.07, 6.45) is 3.12. The summed E-state index contributed by atoms with van der Waals surface area (Å²) in [6.45, 7) is 2.71. The van der Waals surface area contributed by atoms with Crippen molar-refractivity contribution in [2.45, 2.75) is 32.7 Å². The highest BCUT2D eigenvalue weighted by molar-refractivity contribution is 9.10. The van der Waals surface area contributed by atoms with Crippen LogP contribution in [0.3, 0.4) is 0 Å². The minimum Gasteiger partial charge on any atom is -0.376 e. The van der Waals surface area contributed by atoms with Crippen LogP contribution in [0.4, 0.5) is 5.69 Å². The first-order chi connectivity index (χ1) is 8.78. The van der Waals surface area contributed by atoms with Gasteiger partial charge in [-0.2, -0.15) is 4.98 Å². The van der Waals surface area contributed by atoms with Crippen molar-refractivity contribution in [1.29, 1.82) is 0 Å². The number of aryl methyl sites for hydroxylation is 1. The van der Waals surface area contributed by atoms with Crippen LogP contribution in [-0.4, -0.2) is 10.1 Å². The third kappa shape index (κ3) is 3.84. The Kier molecular flexibility index (Phi) is 4.75. The van der Waals surface area contributed by atoms with Gasteiger partial charge in [-0.3, -0.25) is 0 Å². The molecule has 0 saturated heterocycles. The van der Waals surface area contributed by atoms with Crippen LogP contribution >= 0.6 is 15.9 Å². The van der Waals surface area contributed by atoms with Gasteiger partial charge in [0.1, 0.15) is 0 Å². The van der Waals surface area contributed by atoms with Crippen LogP contribution in [0.15, 0.2) is 33.3 Å². The fraction of sp³-hybridized carbons (Fsp3) is 0.385. The second-order valence-corrected chi connectivity index (χ2v) is 4.98. The molecule has 0 spiro atoms. The summed E-state index contributed by atoms with van der Waals surface area (Å²) in [6, 6.07) is 7.97. The molecule has 5 heteroatoms. The van der Waals surface area contributed by atoms with Crippen LogP contribution in [0.25, 0.3) is 0 Å². The predicted octanol–water partition coefficient (Wildman–Crippen LogP) is 3.79. The van der Waals surface area contributed by atoms with E-state index in [1.54, 1.807) is 0 Å². The molecule has 1 N–H and O–H groups in total. The highest BCUT2D eigenvalue weighted by Crippen LogP contribution is 2.14. The third-order valence-electron chi connectivity index (χ3n) is 2.55. The van der Waals surface area contributed by atoms with Crippen LogP contribution in [0, 0.1) is 0 Å². The first kappa shape index (κ1) is 13.1. The van der Waals surface area contributed by atoms with Crippen molar-refractivity contribution in [2.75, 3.05) is 5.32 Å². The number of anilines is 1. The molecule has 0 unspecified atom stereocenters. The number of benzene rings is 1. The molecule has 2 aromatic rings. The topological polar surface area (TPSA) is 51.0 Å². The number of nitrogens with zero attached hydrogens (tertiary/aromatic N) is 2. The Balaban J connectivity index is 1.86. The molecule has 0 bridgehead atoms. The molecule has 0 aliphatic carbocycles. The number of aromatic nitrogens is 2. The van der Waals surface area contributed by atoms with Gasteiger partial charge in [0.25, 0.3) is 0 Å². The van der Waals surface area contributed by atoms with Gasteiger partial charge >= 0.3 is 0 Å². The van der Waals surface area contributed by atoms with Gasteiger partial charge in [-0.05, 0) is 30.7 Å². The SMILES string of the molecule is CCCCc1noc(CNc2ccc(Br)cc2)n1. The molecule has 1 heterocycles. The molecule has 2 rings (SSSR count). The molecule has 4 nitrogen and oxygen atoms in total. The van der Waals surface area contributed by atoms with Crippen LogP contribution in [0.2, 0.25) is 0 Å². The number of halogens is 1. The monoisotopic (exact) mass is 309 g/mol. The molecule has 0 radical (unpaired) electrons. The Morgan fingerprint density at radius 2 is 2.06 bits per heavy atom. The minimum absolute atomic E-state index is 0.556. The maximum Gasteiger partial charge on any atom is 0.245 e. The van der Waals surface area contributed by atoms with E-state index in [4.69, 9.17) is 4.52 Å². The van der Waals surface area contributed by atoms with E-state index in [1.807, 2.05) is 24.3 Å². The van der Waals surface area contributed by atoms with Crippen LogP contribution < -0.4 is 5.32 Å². The van der Waals surface area contributed by atoms with Crippen molar-refractivity contribution in [3.8, 4) is 0 Å². The van der Waals surface area contributed by atoms with Gasteiger partial charge < -0.3 is 9.84 Å². The first-order valence-corrected chi connectivity index (χ1v) is 6.88. The molecule has 1 aromatic carbocycles. The smallest absolute Gasteiger partial charge is 0.245 e. The van der Waals surface area contributed by atoms with E-state index in [9.17, 15) is 0 Å². The summed E-state index contributed by atoms with van der Waals surface area (Å²) in [5, 5.41) is 7.19. The standard InChI is InChI=1S/C13H16BrN3O/c1-2-3-4-12-16-13(18-17-12)9-15-11-7-5-10(14)6-8-11/h5-8,15H,2-4,9H2,1H3. The van der Waals surface area contributed by atoms with E-state index in [0.717, 1.165) is 35.2 Å². The minimum atomic E-state index is 0.556. The van der Waals surface area contributed by atoms with Crippen molar-refractivity contribution in [2.24, 2.45) is 0 Å². The molecular weight excluding hydrogens is 294 g/mol. The number of unbranched alkanes of at least 4 members (excludes halogenated alkanes) is 1. The molecule has 0 aliphatic rings. The van der Waals surface area contributed by atoms with Crippen molar-refractivity contribution in [3.05, 3.63) is 40.5 Å². The maximum atomic E-state index is 5.17. The lowest BCUT2D eigenvalue weighted by Gasteiger charge is -2.02. The average molecular weight is 310 g/mol. The third-order valence-corrected chi connectivity index (χ3v) is 3.08. The highest BCUT2D eigenvalue weighted by Gasteiger charge is 2.05. The van der Waals surface area contributed by atoms with E-state index in [1.165, 1.54) is 0 Å². The quantitative estimate of drug-likeness (QED) is 0.882. The van der Waals surface area contributed by atoms with Crippen LogP contribution in [-0.2, 0) is 13.0 Å². The van der Waals surface area contributed by atoms with Gasteiger partial charge in [0.15, 0.2) is 5.82 Å².